The van der Waals surface area contributed by atoms with Crippen LogP contribution in [0.5, 0.6) is 0 Å². The van der Waals surface area contributed by atoms with Crippen molar-refractivity contribution in [3.05, 3.63) is 56.1 Å². The Labute approximate surface area is 170 Å². The lowest BCUT2D eigenvalue weighted by atomic mass is 9.86. The van der Waals surface area contributed by atoms with E-state index in [4.69, 9.17) is 10.5 Å². The number of nitrogens with two attached hydrogens (primary N) is 1. The first kappa shape index (κ1) is 18.7. The van der Waals surface area contributed by atoms with Crippen molar-refractivity contribution in [2.24, 2.45) is 0 Å². The first-order valence-corrected chi connectivity index (χ1v) is 9.74. The Morgan fingerprint density at radius 1 is 1.27 bits per heavy atom. The summed E-state index contributed by atoms with van der Waals surface area (Å²) in [6.07, 6.45) is 0.0719. The van der Waals surface area contributed by atoms with Gasteiger partial charge in [0.15, 0.2) is 5.60 Å². The number of rotatable bonds is 1. The molecule has 0 radical (unpaired) electrons. The van der Waals surface area contributed by atoms with Crippen LogP contribution in [0, 0.1) is 19.7 Å². The van der Waals surface area contributed by atoms with Gasteiger partial charge in [-0.25, -0.2) is 14.2 Å². The highest BCUT2D eigenvalue weighted by molar-refractivity contribution is 5.93. The number of ether oxygens (including phenoxy) is 1. The maximum Gasteiger partial charge on any atom is 0.343 e. The Hall–Kier alpha value is -3.26. The first-order chi connectivity index (χ1) is 14.2. The number of aliphatic hydroxyl groups is 1. The molecule has 2 aliphatic rings. The van der Waals surface area contributed by atoms with Gasteiger partial charge in [-0.2, -0.15) is 0 Å². The zero-order chi connectivity index (χ0) is 21.5. The standard InChI is InChI=1S/C22H20FN3O4/c1-4-22(29)13-5-16-19-11(7-26(16)20(27)12(13)8-30-21(22)28)9(2)17-10(3)18(24)14(23)6-15(17)25-19/h5-6,29H,4,7-8,24H2,1-3H3/t22-/m0/s1. The van der Waals surface area contributed by atoms with Crippen LogP contribution in [0.3, 0.4) is 0 Å². The van der Waals surface area contributed by atoms with Crippen LogP contribution in [-0.4, -0.2) is 20.6 Å². The summed E-state index contributed by atoms with van der Waals surface area (Å²) in [5, 5.41) is 11.7. The van der Waals surface area contributed by atoms with Crippen molar-refractivity contribution in [1.82, 2.24) is 9.55 Å². The number of hydrogen-bond donors (Lipinski definition) is 2. The van der Waals surface area contributed by atoms with E-state index in [9.17, 15) is 19.1 Å². The third kappa shape index (κ3) is 2.14. The van der Waals surface area contributed by atoms with Crippen LogP contribution in [-0.2, 0) is 28.3 Å². The van der Waals surface area contributed by atoms with Gasteiger partial charge in [0.25, 0.3) is 5.56 Å². The van der Waals surface area contributed by atoms with Crippen LogP contribution in [0.25, 0.3) is 22.3 Å². The summed E-state index contributed by atoms with van der Waals surface area (Å²) < 4.78 is 20.9. The molecule has 0 amide bonds. The predicted octanol–water partition coefficient (Wildman–Crippen LogP) is 2.42. The number of anilines is 1. The van der Waals surface area contributed by atoms with Gasteiger partial charge in [-0.05, 0) is 37.5 Å². The number of carbonyl (C=O) groups is 1. The molecule has 4 heterocycles. The molecule has 1 aromatic carbocycles. The molecular weight excluding hydrogens is 389 g/mol. The van der Waals surface area contributed by atoms with E-state index in [0.29, 0.717) is 29.0 Å². The number of halogens is 1. The second-order valence-electron chi connectivity index (χ2n) is 7.96. The monoisotopic (exact) mass is 409 g/mol. The van der Waals surface area contributed by atoms with Crippen molar-refractivity contribution >= 4 is 22.6 Å². The molecule has 0 fully saturated rings. The quantitative estimate of drug-likeness (QED) is 0.369. The van der Waals surface area contributed by atoms with E-state index in [1.165, 1.54) is 6.07 Å². The zero-order valence-corrected chi connectivity index (χ0v) is 16.8. The molecular formula is C22H20FN3O4. The average molecular weight is 409 g/mol. The molecule has 8 heteroatoms. The lowest BCUT2D eigenvalue weighted by molar-refractivity contribution is -0.172. The second-order valence-corrected chi connectivity index (χ2v) is 7.96. The maximum absolute atomic E-state index is 14.3. The third-order valence-corrected chi connectivity index (χ3v) is 6.50. The van der Waals surface area contributed by atoms with E-state index in [1.54, 1.807) is 24.5 Å². The molecule has 1 atom stereocenters. The van der Waals surface area contributed by atoms with Crippen molar-refractivity contribution in [3.8, 4) is 11.4 Å². The molecule has 3 N–H and O–H groups in total. The van der Waals surface area contributed by atoms with E-state index >= 15 is 0 Å². The summed E-state index contributed by atoms with van der Waals surface area (Å²) in [7, 11) is 0. The number of aromatic nitrogens is 2. The molecule has 30 heavy (non-hydrogen) atoms. The van der Waals surface area contributed by atoms with Gasteiger partial charge in [-0.3, -0.25) is 4.79 Å². The molecule has 3 aromatic rings. The van der Waals surface area contributed by atoms with Gasteiger partial charge in [0.2, 0.25) is 0 Å². The number of aryl methyl sites for hydroxylation is 2. The fourth-order valence-corrected chi connectivity index (χ4v) is 4.67. The molecule has 0 bridgehead atoms. The minimum atomic E-state index is -1.88. The van der Waals surface area contributed by atoms with Gasteiger partial charge in [-0.15, -0.1) is 0 Å². The summed E-state index contributed by atoms with van der Waals surface area (Å²) in [5.41, 5.74) is 8.08. The van der Waals surface area contributed by atoms with Crippen LogP contribution in [0.4, 0.5) is 10.1 Å². The Morgan fingerprint density at radius 2 is 2.00 bits per heavy atom. The van der Waals surface area contributed by atoms with Gasteiger partial charge >= 0.3 is 5.97 Å². The topological polar surface area (TPSA) is 107 Å². The van der Waals surface area contributed by atoms with Crippen molar-refractivity contribution in [2.75, 3.05) is 5.73 Å². The van der Waals surface area contributed by atoms with E-state index in [0.717, 1.165) is 16.5 Å². The van der Waals surface area contributed by atoms with Gasteiger partial charge < -0.3 is 20.1 Å². The fourth-order valence-electron chi connectivity index (χ4n) is 4.67. The van der Waals surface area contributed by atoms with Crippen LogP contribution in [0.1, 0.15) is 41.2 Å². The van der Waals surface area contributed by atoms with Crippen LogP contribution >= 0.6 is 0 Å². The molecule has 0 saturated heterocycles. The highest BCUT2D eigenvalue weighted by Gasteiger charge is 2.45. The zero-order valence-electron chi connectivity index (χ0n) is 16.8. The summed E-state index contributed by atoms with van der Waals surface area (Å²) >= 11 is 0. The van der Waals surface area contributed by atoms with Gasteiger partial charge in [0.1, 0.15) is 12.4 Å². The summed E-state index contributed by atoms with van der Waals surface area (Å²) in [5.74, 6) is -1.31. The molecule has 154 valence electrons. The van der Waals surface area contributed by atoms with Crippen molar-refractivity contribution in [3.63, 3.8) is 0 Å². The predicted molar refractivity (Wildman–Crippen MR) is 108 cm³/mol. The Morgan fingerprint density at radius 3 is 2.70 bits per heavy atom. The van der Waals surface area contributed by atoms with Crippen LogP contribution in [0.15, 0.2) is 16.9 Å². The molecule has 0 unspecified atom stereocenters. The number of nitrogen functional groups attached to an aromatic ring is 1. The Bertz CT molecular complexity index is 1360. The highest BCUT2D eigenvalue weighted by Crippen LogP contribution is 2.41. The van der Waals surface area contributed by atoms with E-state index in [-0.39, 0.29) is 35.4 Å². The molecule has 2 aliphatic heterocycles. The van der Waals surface area contributed by atoms with Crippen molar-refractivity contribution in [2.45, 2.75) is 45.9 Å². The largest absolute Gasteiger partial charge is 0.458 e. The van der Waals surface area contributed by atoms with E-state index in [2.05, 4.69) is 4.98 Å². The number of nitrogens with zero attached hydrogens (tertiary/aromatic N) is 2. The van der Waals surface area contributed by atoms with E-state index in [1.807, 2.05) is 6.92 Å². The molecule has 0 spiro atoms. The second kappa shape index (κ2) is 5.89. The molecule has 0 aliphatic carbocycles. The highest BCUT2D eigenvalue weighted by atomic mass is 19.1. The number of pyridine rings is 2. The SMILES string of the molecule is CC[C@@]1(O)C(=O)OCc2c1cc1n(c2=O)Cc2c-1nc1cc(F)c(N)c(C)c1c2C. The lowest BCUT2D eigenvalue weighted by Gasteiger charge is -2.31. The van der Waals surface area contributed by atoms with Crippen LogP contribution < -0.4 is 11.3 Å². The molecule has 5 rings (SSSR count). The van der Waals surface area contributed by atoms with E-state index < -0.39 is 17.4 Å². The Balaban J connectivity index is 1.85. The smallest absolute Gasteiger partial charge is 0.343 e. The number of benzene rings is 1. The molecule has 2 aromatic heterocycles. The first-order valence-electron chi connectivity index (χ1n) is 9.74. The maximum atomic E-state index is 14.3. The lowest BCUT2D eigenvalue weighted by Crippen LogP contribution is -2.44. The van der Waals surface area contributed by atoms with Crippen LogP contribution in [0.2, 0.25) is 0 Å². The normalized spacial score (nSPS) is 19.4. The third-order valence-electron chi connectivity index (χ3n) is 6.50. The number of cyclic esters (lactones) is 1. The number of hydrogen-bond acceptors (Lipinski definition) is 6. The van der Waals surface area contributed by atoms with Gasteiger partial charge in [0, 0.05) is 22.6 Å². The van der Waals surface area contributed by atoms with Gasteiger partial charge in [0.05, 0.1) is 34.7 Å². The Kier molecular flexibility index (Phi) is 3.68. The van der Waals surface area contributed by atoms with Gasteiger partial charge in [-0.1, -0.05) is 6.92 Å². The fraction of sp³-hybridized carbons (Fsp3) is 0.318. The minimum absolute atomic E-state index is 0.0719. The van der Waals surface area contributed by atoms with Crippen molar-refractivity contribution in [1.29, 1.82) is 0 Å². The molecule has 0 saturated carbocycles. The summed E-state index contributed by atoms with van der Waals surface area (Å²) in [6, 6.07) is 2.94. The number of esters is 1. The minimum Gasteiger partial charge on any atom is -0.458 e. The molecule has 7 nitrogen and oxygen atoms in total. The number of fused-ring (bicyclic) bond motifs is 5. The van der Waals surface area contributed by atoms with Crippen molar-refractivity contribution < 1.29 is 19.0 Å². The average Bonchev–Trinajstić information content (AvgIpc) is 3.09. The summed E-state index contributed by atoms with van der Waals surface area (Å²) in [6.45, 7) is 5.42. The number of carbonyl (C=O) groups excluding carboxylic acids is 1. The summed E-state index contributed by atoms with van der Waals surface area (Å²) in [4.78, 5) is 30.1.